The van der Waals surface area contributed by atoms with Gasteiger partial charge in [0.15, 0.2) is 17.5 Å². The molecule has 236 valence electrons. The molecule has 0 radical (unpaired) electrons. The van der Waals surface area contributed by atoms with Gasteiger partial charge in [-0.1, -0.05) is 147 Å². The molecular formula is C46H32N4. The van der Waals surface area contributed by atoms with Crippen molar-refractivity contribution in [2.75, 3.05) is 0 Å². The fourth-order valence-corrected chi connectivity index (χ4v) is 8.05. The number of hydrogen-bond donors (Lipinski definition) is 0. The molecular weight excluding hydrogens is 609 g/mol. The summed E-state index contributed by atoms with van der Waals surface area (Å²) in [5.41, 5.74) is 11.6. The van der Waals surface area contributed by atoms with Crippen molar-refractivity contribution in [3.8, 4) is 51.0 Å². The van der Waals surface area contributed by atoms with Crippen LogP contribution in [-0.4, -0.2) is 19.5 Å². The van der Waals surface area contributed by atoms with E-state index in [1.807, 2.05) is 36.4 Å². The molecule has 1 aliphatic carbocycles. The Kier molecular flexibility index (Phi) is 6.19. The van der Waals surface area contributed by atoms with E-state index in [2.05, 4.69) is 140 Å². The first-order valence-electron chi connectivity index (χ1n) is 17.1. The lowest BCUT2D eigenvalue weighted by atomic mass is 9.82. The van der Waals surface area contributed by atoms with E-state index < -0.39 is 0 Å². The third-order valence-corrected chi connectivity index (χ3v) is 10.4. The third kappa shape index (κ3) is 4.21. The predicted octanol–water partition coefficient (Wildman–Crippen LogP) is 11.4. The van der Waals surface area contributed by atoms with Crippen LogP contribution in [-0.2, 0) is 5.41 Å². The van der Waals surface area contributed by atoms with Crippen LogP contribution in [0.5, 0.6) is 0 Å². The van der Waals surface area contributed by atoms with Gasteiger partial charge in [0.1, 0.15) is 0 Å². The van der Waals surface area contributed by atoms with Crippen molar-refractivity contribution in [1.29, 1.82) is 0 Å². The zero-order valence-electron chi connectivity index (χ0n) is 27.8. The second-order valence-corrected chi connectivity index (χ2v) is 13.7. The summed E-state index contributed by atoms with van der Waals surface area (Å²) in [5, 5.41) is 4.84. The monoisotopic (exact) mass is 640 g/mol. The minimum atomic E-state index is -0.0818. The Morgan fingerprint density at radius 2 is 1.04 bits per heavy atom. The van der Waals surface area contributed by atoms with E-state index in [0.717, 1.165) is 27.8 Å². The SMILES string of the molecule is CC1(C)c2ccccc2-c2c1ccc1c2c2ccccc2n1-c1cc(-c2nc(-c3ccccc3)nc(-c3ccccc3)n2)cc2ccccc12. The molecule has 0 fully saturated rings. The second-order valence-electron chi connectivity index (χ2n) is 13.7. The molecule has 0 saturated carbocycles. The quantitative estimate of drug-likeness (QED) is 0.192. The number of rotatable bonds is 4. The molecule has 0 aliphatic heterocycles. The Bertz CT molecular complexity index is 2720. The predicted molar refractivity (Wildman–Crippen MR) is 206 cm³/mol. The van der Waals surface area contributed by atoms with Crippen LogP contribution >= 0.6 is 0 Å². The molecule has 9 aromatic rings. The van der Waals surface area contributed by atoms with Crippen molar-refractivity contribution in [3.63, 3.8) is 0 Å². The van der Waals surface area contributed by atoms with Crippen molar-refractivity contribution in [3.05, 3.63) is 169 Å². The average molecular weight is 641 g/mol. The van der Waals surface area contributed by atoms with Crippen LogP contribution in [0.3, 0.4) is 0 Å². The van der Waals surface area contributed by atoms with E-state index >= 15 is 0 Å². The van der Waals surface area contributed by atoms with E-state index in [1.165, 1.54) is 49.4 Å². The zero-order valence-corrected chi connectivity index (χ0v) is 27.8. The summed E-state index contributed by atoms with van der Waals surface area (Å²) >= 11 is 0. The Morgan fingerprint density at radius 1 is 0.460 bits per heavy atom. The second kappa shape index (κ2) is 10.8. The molecule has 50 heavy (non-hydrogen) atoms. The van der Waals surface area contributed by atoms with Gasteiger partial charge in [-0.25, -0.2) is 15.0 Å². The van der Waals surface area contributed by atoms with Crippen molar-refractivity contribution in [2.24, 2.45) is 0 Å². The smallest absolute Gasteiger partial charge is 0.164 e. The molecule has 0 atom stereocenters. The van der Waals surface area contributed by atoms with E-state index in [9.17, 15) is 0 Å². The summed E-state index contributed by atoms with van der Waals surface area (Å²) in [6, 6.07) is 55.8. The van der Waals surface area contributed by atoms with Crippen LogP contribution in [0, 0.1) is 0 Å². The fraction of sp³-hybridized carbons (Fsp3) is 0.0652. The molecule has 0 bridgehead atoms. The largest absolute Gasteiger partial charge is 0.309 e. The van der Waals surface area contributed by atoms with Crippen molar-refractivity contribution in [1.82, 2.24) is 19.5 Å². The van der Waals surface area contributed by atoms with E-state index in [-0.39, 0.29) is 5.41 Å². The minimum Gasteiger partial charge on any atom is -0.309 e. The van der Waals surface area contributed by atoms with Gasteiger partial charge in [-0.2, -0.15) is 0 Å². The van der Waals surface area contributed by atoms with Gasteiger partial charge in [0, 0.05) is 38.3 Å². The van der Waals surface area contributed by atoms with Crippen LogP contribution in [0.25, 0.3) is 83.6 Å². The first kappa shape index (κ1) is 28.6. The maximum Gasteiger partial charge on any atom is 0.164 e. The van der Waals surface area contributed by atoms with E-state index in [0.29, 0.717) is 17.5 Å². The molecule has 0 amide bonds. The minimum absolute atomic E-state index is 0.0818. The van der Waals surface area contributed by atoms with Crippen LogP contribution in [0.2, 0.25) is 0 Å². The van der Waals surface area contributed by atoms with Crippen LogP contribution in [0.4, 0.5) is 0 Å². The highest BCUT2D eigenvalue weighted by Gasteiger charge is 2.37. The molecule has 2 heterocycles. The van der Waals surface area contributed by atoms with Gasteiger partial charge < -0.3 is 4.57 Å². The summed E-state index contributed by atoms with van der Waals surface area (Å²) in [7, 11) is 0. The van der Waals surface area contributed by atoms with Gasteiger partial charge in [0.25, 0.3) is 0 Å². The number of hydrogen-bond acceptors (Lipinski definition) is 3. The Balaban J connectivity index is 1.28. The highest BCUT2D eigenvalue weighted by Crippen LogP contribution is 2.53. The van der Waals surface area contributed by atoms with Crippen LogP contribution in [0.1, 0.15) is 25.0 Å². The fourth-order valence-electron chi connectivity index (χ4n) is 8.05. The first-order valence-corrected chi connectivity index (χ1v) is 17.1. The van der Waals surface area contributed by atoms with Gasteiger partial charge in [-0.05, 0) is 51.9 Å². The molecule has 0 saturated heterocycles. The lowest BCUT2D eigenvalue weighted by molar-refractivity contribution is 0.661. The van der Waals surface area contributed by atoms with Crippen molar-refractivity contribution >= 4 is 32.6 Å². The lowest BCUT2D eigenvalue weighted by Gasteiger charge is -2.21. The van der Waals surface area contributed by atoms with Crippen LogP contribution < -0.4 is 0 Å². The number of para-hydroxylation sites is 1. The summed E-state index contributed by atoms with van der Waals surface area (Å²) in [6.45, 7) is 4.70. The third-order valence-electron chi connectivity index (χ3n) is 10.4. The zero-order chi connectivity index (χ0) is 33.4. The summed E-state index contributed by atoms with van der Waals surface area (Å²) in [6.07, 6.45) is 0. The summed E-state index contributed by atoms with van der Waals surface area (Å²) in [5.74, 6) is 1.94. The van der Waals surface area contributed by atoms with Gasteiger partial charge in [-0.15, -0.1) is 0 Å². The highest BCUT2D eigenvalue weighted by atomic mass is 15.0. The average Bonchev–Trinajstić information content (AvgIpc) is 3.63. The van der Waals surface area contributed by atoms with Gasteiger partial charge in [-0.3, -0.25) is 0 Å². The number of fused-ring (bicyclic) bond motifs is 8. The molecule has 4 heteroatoms. The van der Waals surface area contributed by atoms with E-state index in [1.54, 1.807) is 0 Å². The molecule has 0 spiro atoms. The number of benzene rings is 7. The number of nitrogens with zero attached hydrogens (tertiary/aromatic N) is 4. The lowest BCUT2D eigenvalue weighted by Crippen LogP contribution is -2.14. The van der Waals surface area contributed by atoms with Crippen molar-refractivity contribution < 1.29 is 0 Å². The molecule has 10 rings (SSSR count). The van der Waals surface area contributed by atoms with Crippen LogP contribution in [0.15, 0.2) is 158 Å². The topological polar surface area (TPSA) is 43.6 Å². The number of aromatic nitrogens is 4. The summed E-state index contributed by atoms with van der Waals surface area (Å²) in [4.78, 5) is 15.2. The molecule has 1 aliphatic rings. The van der Waals surface area contributed by atoms with Gasteiger partial charge >= 0.3 is 0 Å². The molecule has 0 unspecified atom stereocenters. The molecule has 7 aromatic carbocycles. The first-order chi connectivity index (χ1) is 24.6. The Hall–Kier alpha value is -6.39. The molecule has 0 N–H and O–H groups in total. The van der Waals surface area contributed by atoms with E-state index in [4.69, 9.17) is 15.0 Å². The standard InChI is InChI=1S/C46H32N4/c1-46(2)36-23-13-11-21-34(36)41-37(46)25-26-39-42(41)35-22-12-14-24-38(35)50(39)40-28-32(27-31-19-9-10-20-33(31)40)45-48-43(29-15-5-3-6-16-29)47-44(49-45)30-17-7-4-8-18-30/h3-28H,1-2H3. The highest BCUT2D eigenvalue weighted by molar-refractivity contribution is 6.18. The van der Waals surface area contributed by atoms with Gasteiger partial charge in [0.2, 0.25) is 0 Å². The normalized spacial score (nSPS) is 13.2. The molecule has 4 nitrogen and oxygen atoms in total. The molecule has 2 aromatic heterocycles. The Morgan fingerprint density at radius 3 is 1.76 bits per heavy atom. The Labute approximate surface area is 290 Å². The maximum absolute atomic E-state index is 5.11. The van der Waals surface area contributed by atoms with Crippen molar-refractivity contribution in [2.45, 2.75) is 19.3 Å². The summed E-state index contributed by atoms with van der Waals surface area (Å²) < 4.78 is 2.45. The van der Waals surface area contributed by atoms with Gasteiger partial charge in [0.05, 0.1) is 16.7 Å². The maximum atomic E-state index is 5.11.